The molecule has 0 fully saturated rings. The van der Waals surface area contributed by atoms with Crippen LogP contribution in [0.5, 0.6) is 0 Å². The van der Waals surface area contributed by atoms with Crippen molar-refractivity contribution in [1.82, 2.24) is 19.9 Å². The number of hydrogen-bond acceptors (Lipinski definition) is 4. The summed E-state index contributed by atoms with van der Waals surface area (Å²) in [6.07, 6.45) is 1.56. The van der Waals surface area contributed by atoms with Gasteiger partial charge < -0.3 is 5.32 Å². The van der Waals surface area contributed by atoms with Gasteiger partial charge in [-0.1, -0.05) is 41.9 Å². The van der Waals surface area contributed by atoms with Crippen molar-refractivity contribution in [3.8, 4) is 5.69 Å². The summed E-state index contributed by atoms with van der Waals surface area (Å²) in [5, 5.41) is 4.42. The molecule has 2 heterocycles. The summed E-state index contributed by atoms with van der Waals surface area (Å²) < 4.78 is 2.26. The number of carbonyl (C=O) groups is 1. The average molecular weight is 512 g/mol. The molecular weight excluding hydrogens is 492 g/mol. The minimum atomic E-state index is -0.532. The van der Waals surface area contributed by atoms with E-state index in [1.165, 1.54) is 0 Å². The van der Waals surface area contributed by atoms with Crippen molar-refractivity contribution in [1.29, 1.82) is 0 Å². The topological polar surface area (TPSA) is 76.9 Å². The molecule has 0 saturated carbocycles. The van der Waals surface area contributed by atoms with Gasteiger partial charge in [-0.3, -0.25) is 19.1 Å². The van der Waals surface area contributed by atoms with Crippen LogP contribution < -0.4 is 10.9 Å². The summed E-state index contributed by atoms with van der Waals surface area (Å²) in [5.74, 6) is -0.368. The number of para-hydroxylation sites is 1. The molecule has 0 aliphatic carbocycles. The number of benzene rings is 2. The lowest BCUT2D eigenvalue weighted by molar-refractivity contribution is 0.0932. The van der Waals surface area contributed by atoms with Crippen LogP contribution in [0.2, 0.25) is 5.02 Å². The van der Waals surface area contributed by atoms with Crippen molar-refractivity contribution in [3.63, 3.8) is 0 Å². The Kier molecular flexibility index (Phi) is 6.13. The zero-order valence-electron chi connectivity index (χ0n) is 17.7. The fourth-order valence-corrected chi connectivity index (χ4v) is 4.86. The van der Waals surface area contributed by atoms with E-state index in [0.29, 0.717) is 37.3 Å². The average Bonchev–Trinajstić information content (AvgIpc) is 2.76. The van der Waals surface area contributed by atoms with Crippen molar-refractivity contribution in [2.75, 3.05) is 0 Å². The Morgan fingerprint density at radius 2 is 1.84 bits per heavy atom. The molecule has 0 aliphatic heterocycles. The van der Waals surface area contributed by atoms with Gasteiger partial charge in [0.1, 0.15) is 5.69 Å². The second-order valence-corrected chi connectivity index (χ2v) is 8.68. The van der Waals surface area contributed by atoms with Crippen molar-refractivity contribution >= 4 is 44.2 Å². The minimum absolute atomic E-state index is 0.246. The molecule has 8 heteroatoms. The van der Waals surface area contributed by atoms with Crippen molar-refractivity contribution in [2.45, 2.75) is 26.8 Å². The molecule has 4 aromatic rings. The maximum absolute atomic E-state index is 13.6. The number of carbonyl (C=O) groups excluding carboxylic acids is 1. The smallest absolute Gasteiger partial charge is 0.272 e. The Hall–Kier alpha value is -3.03. The third-order valence-electron chi connectivity index (χ3n) is 5.19. The summed E-state index contributed by atoms with van der Waals surface area (Å²) in [6.45, 7) is 5.39. The first-order chi connectivity index (χ1) is 15.3. The van der Waals surface area contributed by atoms with Crippen LogP contribution in [0.15, 0.2) is 64.0 Å². The number of hydrogen-bond donors (Lipinski definition) is 1. The first-order valence-corrected chi connectivity index (χ1v) is 11.2. The molecule has 32 heavy (non-hydrogen) atoms. The largest absolute Gasteiger partial charge is 0.343 e. The zero-order valence-corrected chi connectivity index (χ0v) is 20.0. The van der Waals surface area contributed by atoms with Crippen LogP contribution in [0.4, 0.5) is 0 Å². The van der Waals surface area contributed by atoms with E-state index in [1.807, 2.05) is 50.2 Å². The van der Waals surface area contributed by atoms with Crippen LogP contribution >= 0.6 is 27.5 Å². The molecule has 0 spiro atoms. The maximum atomic E-state index is 13.6. The fourth-order valence-electron chi connectivity index (χ4n) is 3.75. The van der Waals surface area contributed by atoms with Crippen LogP contribution in [0.1, 0.15) is 40.5 Å². The molecular formula is C24H20BrClN4O2. The number of aryl methyl sites for hydroxylation is 2. The van der Waals surface area contributed by atoms with Gasteiger partial charge >= 0.3 is 0 Å². The van der Waals surface area contributed by atoms with Crippen LogP contribution in [0.3, 0.4) is 0 Å². The first-order valence-electron chi connectivity index (χ1n) is 9.98. The summed E-state index contributed by atoms with van der Waals surface area (Å²) in [6, 6.07) is 14.0. The first kappa shape index (κ1) is 22.2. The van der Waals surface area contributed by atoms with Gasteiger partial charge in [-0.2, -0.15) is 0 Å². The number of aromatic nitrogens is 3. The Morgan fingerprint density at radius 1 is 1.12 bits per heavy atom. The number of rotatable bonds is 4. The van der Waals surface area contributed by atoms with Crippen molar-refractivity contribution in [3.05, 3.63) is 97.4 Å². The Labute approximate surface area is 198 Å². The van der Waals surface area contributed by atoms with Gasteiger partial charge in [0.25, 0.3) is 11.5 Å². The predicted molar refractivity (Wildman–Crippen MR) is 130 cm³/mol. The van der Waals surface area contributed by atoms with E-state index < -0.39 is 6.04 Å². The van der Waals surface area contributed by atoms with Gasteiger partial charge in [0, 0.05) is 21.7 Å². The third kappa shape index (κ3) is 3.94. The molecule has 0 unspecified atom stereocenters. The normalized spacial score (nSPS) is 12.0. The van der Waals surface area contributed by atoms with Crippen LogP contribution in [-0.4, -0.2) is 20.4 Å². The second-order valence-electron chi connectivity index (χ2n) is 7.48. The van der Waals surface area contributed by atoms with E-state index in [4.69, 9.17) is 11.6 Å². The van der Waals surface area contributed by atoms with Gasteiger partial charge in [-0.25, -0.2) is 4.98 Å². The summed E-state index contributed by atoms with van der Waals surface area (Å²) in [4.78, 5) is 35.1. The number of amides is 1. The van der Waals surface area contributed by atoms with Gasteiger partial charge in [0.15, 0.2) is 0 Å². The van der Waals surface area contributed by atoms with E-state index in [9.17, 15) is 9.59 Å². The molecule has 6 nitrogen and oxygen atoms in total. The van der Waals surface area contributed by atoms with Crippen molar-refractivity contribution in [2.24, 2.45) is 0 Å². The standard InChI is InChI=1S/C24H20BrClN4O2/c1-13-12-27-21(14(2)28-13)23(31)29-15(3)22-20(25)17-10-7-11-18(26)19(17)24(32)30(22)16-8-5-4-6-9-16/h4-12,15H,1-3H3,(H,29,31)/t15-/m0/s1. The maximum Gasteiger partial charge on any atom is 0.272 e. The number of nitrogens with zero attached hydrogens (tertiary/aromatic N) is 3. The van der Waals surface area contributed by atoms with E-state index in [1.54, 1.807) is 29.8 Å². The number of pyridine rings is 1. The Morgan fingerprint density at radius 3 is 2.53 bits per heavy atom. The van der Waals surface area contributed by atoms with E-state index >= 15 is 0 Å². The highest BCUT2D eigenvalue weighted by Crippen LogP contribution is 2.34. The lowest BCUT2D eigenvalue weighted by atomic mass is 10.1. The van der Waals surface area contributed by atoms with E-state index in [2.05, 4.69) is 31.2 Å². The lowest BCUT2D eigenvalue weighted by Crippen LogP contribution is -2.33. The molecule has 0 saturated heterocycles. The fraction of sp³-hybridized carbons (Fsp3) is 0.167. The highest BCUT2D eigenvalue weighted by atomic mass is 79.9. The highest BCUT2D eigenvalue weighted by molar-refractivity contribution is 9.10. The summed E-state index contributed by atoms with van der Waals surface area (Å²) >= 11 is 10.1. The molecule has 0 aliphatic rings. The van der Waals surface area contributed by atoms with Gasteiger partial charge in [0.2, 0.25) is 0 Å². The number of halogens is 2. The quantitative estimate of drug-likeness (QED) is 0.403. The highest BCUT2D eigenvalue weighted by Gasteiger charge is 2.24. The second kappa shape index (κ2) is 8.84. The summed E-state index contributed by atoms with van der Waals surface area (Å²) in [7, 11) is 0. The van der Waals surface area contributed by atoms with Gasteiger partial charge in [0.05, 0.1) is 33.5 Å². The van der Waals surface area contributed by atoms with Gasteiger partial charge in [-0.15, -0.1) is 0 Å². The third-order valence-corrected chi connectivity index (χ3v) is 6.34. The molecule has 0 bridgehead atoms. The Bertz CT molecular complexity index is 1400. The summed E-state index contributed by atoms with van der Waals surface area (Å²) in [5.41, 5.74) is 2.53. The molecule has 1 atom stereocenters. The SMILES string of the molecule is Cc1cnc(C(=O)N[C@@H](C)c2c(Br)c3cccc(Cl)c3c(=O)n2-c2ccccc2)c(C)n1. The minimum Gasteiger partial charge on any atom is -0.343 e. The van der Waals surface area contributed by atoms with E-state index in [-0.39, 0.29) is 17.2 Å². The molecule has 1 amide bonds. The molecule has 2 aromatic heterocycles. The van der Waals surface area contributed by atoms with Crippen LogP contribution in [-0.2, 0) is 0 Å². The predicted octanol–water partition coefficient (Wildman–Crippen LogP) is 5.30. The van der Waals surface area contributed by atoms with Crippen LogP contribution in [0, 0.1) is 13.8 Å². The molecule has 1 N–H and O–H groups in total. The number of fused-ring (bicyclic) bond motifs is 1. The number of nitrogens with one attached hydrogen (secondary N) is 1. The van der Waals surface area contributed by atoms with E-state index in [0.717, 1.165) is 5.69 Å². The van der Waals surface area contributed by atoms with Crippen molar-refractivity contribution < 1.29 is 4.79 Å². The molecule has 0 radical (unpaired) electrons. The molecule has 4 rings (SSSR count). The lowest BCUT2D eigenvalue weighted by Gasteiger charge is -2.23. The van der Waals surface area contributed by atoms with Gasteiger partial charge in [-0.05, 0) is 54.9 Å². The Balaban J connectivity index is 1.90. The monoisotopic (exact) mass is 510 g/mol. The zero-order chi connectivity index (χ0) is 23.0. The molecule has 2 aromatic carbocycles. The molecule has 162 valence electrons. The van der Waals surface area contributed by atoms with Crippen LogP contribution in [0.25, 0.3) is 16.5 Å².